The second kappa shape index (κ2) is 3.92. The Morgan fingerprint density at radius 3 is 2.31 bits per heavy atom. The third-order valence-corrected chi connectivity index (χ3v) is 3.27. The van der Waals surface area contributed by atoms with Gasteiger partial charge in [0.05, 0.1) is 17.6 Å². The lowest BCUT2D eigenvalue weighted by molar-refractivity contribution is 0.0868. The van der Waals surface area contributed by atoms with Crippen molar-refractivity contribution >= 4 is 0 Å². The topological polar surface area (TPSA) is 44.0 Å². The predicted octanol–water partition coefficient (Wildman–Crippen LogP) is 3.15. The number of rotatable bonds is 3. The van der Waals surface area contributed by atoms with E-state index in [-0.39, 0.29) is 0 Å². The van der Waals surface area contributed by atoms with Crippen LogP contribution in [0.5, 0.6) is 0 Å². The molecular weight excluding hydrogens is 198 g/mol. The summed E-state index contributed by atoms with van der Waals surface area (Å²) in [6.45, 7) is 3.51. The van der Waals surface area contributed by atoms with Crippen LogP contribution in [0.2, 0.25) is 0 Å². The van der Waals surface area contributed by atoms with Gasteiger partial charge >= 0.3 is 0 Å². The van der Waals surface area contributed by atoms with E-state index in [4.69, 9.17) is 5.26 Å². The number of nitriles is 1. The molecule has 0 saturated heterocycles. The molecule has 0 spiro atoms. The number of hydrogen-bond acceptors (Lipinski definition) is 2. The van der Waals surface area contributed by atoms with Crippen molar-refractivity contribution in [3.63, 3.8) is 0 Å². The molecule has 1 N–H and O–H groups in total. The first kappa shape index (κ1) is 11.2. The Morgan fingerprint density at radius 1 is 1.31 bits per heavy atom. The van der Waals surface area contributed by atoms with Gasteiger partial charge in [-0.2, -0.15) is 5.26 Å². The monoisotopic (exact) mass is 215 g/mol. The third kappa shape index (κ3) is 2.10. The maximum atomic E-state index is 10.1. The molecule has 1 aromatic rings. The van der Waals surface area contributed by atoms with Crippen LogP contribution in [0.25, 0.3) is 0 Å². The average molecular weight is 215 g/mol. The fourth-order valence-electron chi connectivity index (χ4n) is 1.84. The van der Waals surface area contributed by atoms with Gasteiger partial charge in [-0.15, -0.1) is 0 Å². The van der Waals surface area contributed by atoms with Gasteiger partial charge < -0.3 is 5.11 Å². The minimum Gasteiger partial charge on any atom is -0.387 e. The summed E-state index contributed by atoms with van der Waals surface area (Å²) in [5.74, 6) is 0.732. The minimum absolute atomic E-state index is 0.717. The first-order valence-electron chi connectivity index (χ1n) is 5.74. The number of aliphatic hydroxyl groups excluding tert-OH is 1. The fourth-order valence-corrected chi connectivity index (χ4v) is 1.84. The Hall–Kier alpha value is -1.33. The summed E-state index contributed by atoms with van der Waals surface area (Å²) in [7, 11) is 0. The summed E-state index contributed by atoms with van der Waals surface area (Å²) in [5, 5.41) is 19.0. The van der Waals surface area contributed by atoms with Gasteiger partial charge in [-0.25, -0.2) is 0 Å². The van der Waals surface area contributed by atoms with E-state index >= 15 is 0 Å². The van der Waals surface area contributed by atoms with Gasteiger partial charge in [-0.1, -0.05) is 24.3 Å². The number of nitrogens with zero attached hydrogens (tertiary/aromatic N) is 1. The molecule has 1 aliphatic rings. The van der Waals surface area contributed by atoms with Crippen LogP contribution in [0, 0.1) is 16.7 Å². The van der Waals surface area contributed by atoms with Crippen LogP contribution in [-0.2, 0) is 0 Å². The zero-order chi connectivity index (χ0) is 11.8. The van der Waals surface area contributed by atoms with E-state index in [1.165, 1.54) is 18.4 Å². The van der Waals surface area contributed by atoms with E-state index in [9.17, 15) is 5.11 Å². The first-order valence-corrected chi connectivity index (χ1v) is 5.74. The molecular formula is C14H17NO. The molecule has 2 heteroatoms. The van der Waals surface area contributed by atoms with Crippen LogP contribution in [0.3, 0.4) is 0 Å². The highest BCUT2D eigenvalue weighted by Crippen LogP contribution is 2.41. The zero-order valence-corrected chi connectivity index (χ0v) is 9.77. The highest BCUT2D eigenvalue weighted by Gasteiger charge is 2.29. The van der Waals surface area contributed by atoms with E-state index in [2.05, 4.69) is 18.2 Å². The van der Waals surface area contributed by atoms with Gasteiger partial charge in [0.25, 0.3) is 0 Å². The van der Waals surface area contributed by atoms with E-state index in [0.717, 1.165) is 11.5 Å². The van der Waals surface area contributed by atoms with Gasteiger partial charge in [-0.3, -0.25) is 0 Å². The van der Waals surface area contributed by atoms with E-state index < -0.39 is 11.5 Å². The second-order valence-corrected chi connectivity index (χ2v) is 5.18. The average Bonchev–Trinajstić information content (AvgIpc) is 3.12. The molecule has 0 radical (unpaired) electrons. The van der Waals surface area contributed by atoms with Gasteiger partial charge in [0, 0.05) is 0 Å². The van der Waals surface area contributed by atoms with E-state index in [1.807, 2.05) is 12.1 Å². The molecule has 1 aliphatic carbocycles. The summed E-state index contributed by atoms with van der Waals surface area (Å²) >= 11 is 0. The first-order chi connectivity index (χ1) is 7.54. The molecule has 0 aromatic heterocycles. The SMILES string of the molecule is CC(C)(C#N)C(O)c1ccc(C2CC2)cc1. The molecule has 1 atom stereocenters. The van der Waals surface area contributed by atoms with Crippen molar-refractivity contribution < 1.29 is 5.11 Å². The van der Waals surface area contributed by atoms with Crippen molar-refractivity contribution in [3.8, 4) is 6.07 Å². The molecule has 16 heavy (non-hydrogen) atoms. The lowest BCUT2D eigenvalue weighted by atomic mass is 9.84. The van der Waals surface area contributed by atoms with Crippen LogP contribution < -0.4 is 0 Å². The molecule has 2 rings (SSSR count). The summed E-state index contributed by atoms with van der Waals surface area (Å²) < 4.78 is 0. The molecule has 0 heterocycles. The van der Waals surface area contributed by atoms with Crippen LogP contribution in [-0.4, -0.2) is 5.11 Å². The Balaban J connectivity index is 2.18. The highest BCUT2D eigenvalue weighted by atomic mass is 16.3. The Morgan fingerprint density at radius 2 is 1.88 bits per heavy atom. The van der Waals surface area contributed by atoms with Gasteiger partial charge in [0.1, 0.15) is 0 Å². The maximum absolute atomic E-state index is 10.1. The molecule has 84 valence electrons. The molecule has 1 unspecified atom stereocenters. The van der Waals surface area contributed by atoms with Crippen molar-refractivity contribution in [2.45, 2.75) is 38.7 Å². The Labute approximate surface area is 96.5 Å². The van der Waals surface area contributed by atoms with Gasteiger partial charge in [-0.05, 0) is 43.7 Å². The number of aliphatic hydroxyl groups is 1. The normalized spacial score (nSPS) is 17.9. The summed E-state index contributed by atoms with van der Waals surface area (Å²) in [6.07, 6.45) is 1.85. The quantitative estimate of drug-likeness (QED) is 0.841. The Bertz CT molecular complexity index is 409. The van der Waals surface area contributed by atoms with Crippen molar-refractivity contribution in [3.05, 3.63) is 35.4 Å². The molecule has 1 fully saturated rings. The van der Waals surface area contributed by atoms with Crippen molar-refractivity contribution in [1.29, 1.82) is 5.26 Å². The van der Waals surface area contributed by atoms with Crippen LogP contribution >= 0.6 is 0 Å². The highest BCUT2D eigenvalue weighted by molar-refractivity contribution is 5.30. The lowest BCUT2D eigenvalue weighted by Crippen LogP contribution is -2.19. The summed E-state index contributed by atoms with van der Waals surface area (Å²) in [4.78, 5) is 0. The van der Waals surface area contributed by atoms with Crippen molar-refractivity contribution in [1.82, 2.24) is 0 Å². The third-order valence-electron chi connectivity index (χ3n) is 3.27. The fraction of sp³-hybridized carbons (Fsp3) is 0.500. The van der Waals surface area contributed by atoms with Gasteiger partial charge in [0.2, 0.25) is 0 Å². The van der Waals surface area contributed by atoms with Gasteiger partial charge in [0.15, 0.2) is 0 Å². The second-order valence-electron chi connectivity index (χ2n) is 5.18. The van der Waals surface area contributed by atoms with E-state index in [0.29, 0.717) is 0 Å². The molecule has 0 amide bonds. The number of hydrogen-bond donors (Lipinski definition) is 1. The van der Waals surface area contributed by atoms with Crippen molar-refractivity contribution in [2.24, 2.45) is 5.41 Å². The predicted molar refractivity (Wildman–Crippen MR) is 62.8 cm³/mol. The van der Waals surface area contributed by atoms with Crippen LogP contribution in [0.1, 0.15) is 49.8 Å². The Kier molecular flexibility index (Phi) is 2.73. The maximum Gasteiger partial charge on any atom is 0.0970 e. The lowest BCUT2D eigenvalue weighted by Gasteiger charge is -2.23. The van der Waals surface area contributed by atoms with Crippen LogP contribution in [0.15, 0.2) is 24.3 Å². The smallest absolute Gasteiger partial charge is 0.0970 e. The molecule has 2 nitrogen and oxygen atoms in total. The minimum atomic E-state index is -0.735. The van der Waals surface area contributed by atoms with E-state index in [1.54, 1.807) is 13.8 Å². The largest absolute Gasteiger partial charge is 0.387 e. The molecule has 0 bridgehead atoms. The summed E-state index contributed by atoms with van der Waals surface area (Å²) in [6, 6.07) is 10.2. The molecule has 1 saturated carbocycles. The van der Waals surface area contributed by atoms with Crippen LogP contribution in [0.4, 0.5) is 0 Å². The zero-order valence-electron chi connectivity index (χ0n) is 9.77. The molecule has 0 aliphatic heterocycles. The standard InChI is InChI=1S/C14H17NO/c1-14(2,9-15)13(16)12-7-5-11(6-8-12)10-3-4-10/h5-8,10,13,16H,3-4H2,1-2H3. The number of benzene rings is 1. The summed E-state index contributed by atoms with van der Waals surface area (Å²) in [5.41, 5.74) is 1.45. The molecule has 1 aromatic carbocycles. The van der Waals surface area contributed by atoms with Crippen molar-refractivity contribution in [2.75, 3.05) is 0 Å².